The number of hydrogen-bond acceptors (Lipinski definition) is 8. The molecule has 0 unspecified atom stereocenters. The molecule has 39 heavy (non-hydrogen) atoms. The molecule has 0 radical (unpaired) electrons. The topological polar surface area (TPSA) is 83.1 Å². The minimum absolute atomic E-state index is 0.0514. The second kappa shape index (κ2) is 10.00. The van der Waals surface area contributed by atoms with Gasteiger partial charge < -0.3 is 24.6 Å². The Balaban J connectivity index is 1.13. The van der Waals surface area contributed by atoms with Crippen molar-refractivity contribution >= 4 is 23.1 Å². The van der Waals surface area contributed by atoms with Gasteiger partial charge in [-0.1, -0.05) is 5.92 Å². The largest absolute Gasteiger partial charge is 0.482 e. The molecule has 2 aromatic rings. The van der Waals surface area contributed by atoms with E-state index in [1.807, 2.05) is 11.1 Å². The molecule has 6 heterocycles. The fourth-order valence-corrected chi connectivity index (χ4v) is 6.45. The molecule has 1 saturated carbocycles. The fourth-order valence-electron chi connectivity index (χ4n) is 6.45. The van der Waals surface area contributed by atoms with Crippen molar-refractivity contribution in [3.05, 3.63) is 35.3 Å². The van der Waals surface area contributed by atoms with Crippen LogP contribution in [0.25, 0.3) is 0 Å². The van der Waals surface area contributed by atoms with Crippen LogP contribution in [-0.2, 0) is 9.53 Å². The lowest BCUT2D eigenvalue weighted by Crippen LogP contribution is -2.52. The number of ether oxygens (including phenoxy) is 2. The Labute approximate surface area is 229 Å². The van der Waals surface area contributed by atoms with E-state index in [4.69, 9.17) is 19.4 Å². The second-order valence-corrected chi connectivity index (χ2v) is 11.4. The summed E-state index contributed by atoms with van der Waals surface area (Å²) in [7, 11) is 0. The number of nitrogens with one attached hydrogen (secondary N) is 1. The highest BCUT2D eigenvalue weighted by Gasteiger charge is 2.40. The minimum Gasteiger partial charge on any atom is -0.482 e. The third kappa shape index (κ3) is 4.60. The van der Waals surface area contributed by atoms with E-state index in [0.717, 1.165) is 106 Å². The Kier molecular flexibility index (Phi) is 6.32. The molecule has 4 fully saturated rings. The predicted octanol–water partition coefficient (Wildman–Crippen LogP) is 3.41. The molecule has 9 nitrogen and oxygen atoms in total. The number of carbonyl (C=O) groups is 1. The minimum atomic E-state index is -0.143. The number of morpholine rings is 1. The van der Waals surface area contributed by atoms with Crippen LogP contribution >= 0.6 is 0 Å². The van der Waals surface area contributed by atoms with E-state index in [1.165, 1.54) is 5.69 Å². The van der Waals surface area contributed by atoms with Crippen molar-refractivity contribution in [2.24, 2.45) is 0 Å². The highest BCUT2D eigenvalue weighted by atomic mass is 16.5. The highest BCUT2D eigenvalue weighted by Crippen LogP contribution is 2.51. The van der Waals surface area contributed by atoms with Crippen molar-refractivity contribution in [1.82, 2.24) is 19.8 Å². The number of fused-ring (bicyclic) bond motifs is 2. The zero-order chi connectivity index (χ0) is 26.5. The quantitative estimate of drug-likeness (QED) is 0.605. The maximum Gasteiger partial charge on any atom is 0.298 e. The summed E-state index contributed by atoms with van der Waals surface area (Å²) in [6.07, 6.45) is 5.08. The highest BCUT2D eigenvalue weighted by molar-refractivity contribution is 5.93. The van der Waals surface area contributed by atoms with Crippen LogP contribution in [0.15, 0.2) is 18.3 Å². The lowest BCUT2D eigenvalue weighted by molar-refractivity contribution is -0.124. The van der Waals surface area contributed by atoms with Crippen molar-refractivity contribution in [2.75, 3.05) is 62.7 Å². The van der Waals surface area contributed by atoms with Crippen LogP contribution in [0.4, 0.5) is 17.2 Å². The molecule has 3 saturated heterocycles. The SMILES string of the molecule is CC#CC(=O)N1CC[C@@H](N2CC(c3cc4c(c(C5CC5)n3)O[C@H](C)c3c(N5CCOCC5)ccnc3N4)C2)C1. The summed E-state index contributed by atoms with van der Waals surface area (Å²) >= 11 is 0. The molecular formula is C30H36N6O3. The summed E-state index contributed by atoms with van der Waals surface area (Å²) in [5, 5.41) is 3.67. The van der Waals surface area contributed by atoms with Gasteiger partial charge in [-0.25, -0.2) is 4.98 Å². The van der Waals surface area contributed by atoms with Gasteiger partial charge in [-0.05, 0) is 51.2 Å². The summed E-state index contributed by atoms with van der Waals surface area (Å²) in [6.45, 7) is 10.5. The zero-order valence-corrected chi connectivity index (χ0v) is 22.8. The summed E-state index contributed by atoms with van der Waals surface area (Å²) in [5.41, 5.74) is 5.47. The summed E-state index contributed by atoms with van der Waals surface area (Å²) < 4.78 is 12.3. The standard InChI is InChI=1S/C30H36N6O3/c1-3-4-26(37)35-10-8-22(18-35)36-16-21(17-36)23-15-24-29(28(32-23)20-5-6-20)39-19(2)27-25(7-9-31-30(27)33-24)34-11-13-38-14-12-34/h7,9,15,19-22H,5-6,8,10-14,16-18H2,1-2H3,(H,31,33)/t19-,22-/m1/s1. The van der Waals surface area contributed by atoms with Crippen molar-refractivity contribution in [2.45, 2.75) is 57.1 Å². The number of aromatic nitrogens is 2. The number of amides is 1. The molecule has 1 N–H and O–H groups in total. The zero-order valence-electron chi connectivity index (χ0n) is 22.8. The maximum atomic E-state index is 12.2. The number of hydrogen-bond donors (Lipinski definition) is 1. The number of pyridine rings is 2. The molecule has 0 spiro atoms. The van der Waals surface area contributed by atoms with Crippen LogP contribution in [0.1, 0.15) is 68.0 Å². The Bertz CT molecular complexity index is 1340. The van der Waals surface area contributed by atoms with Gasteiger partial charge in [-0.2, -0.15) is 0 Å². The third-order valence-corrected chi connectivity index (χ3v) is 8.78. The monoisotopic (exact) mass is 528 g/mol. The number of nitrogens with zero attached hydrogens (tertiary/aromatic N) is 5. The molecule has 0 bridgehead atoms. The molecule has 1 aliphatic carbocycles. The van der Waals surface area contributed by atoms with Gasteiger partial charge in [0.1, 0.15) is 11.9 Å². The first-order chi connectivity index (χ1) is 19.1. The predicted molar refractivity (Wildman–Crippen MR) is 149 cm³/mol. The Morgan fingerprint density at radius 2 is 1.92 bits per heavy atom. The molecule has 5 aliphatic rings. The summed E-state index contributed by atoms with van der Waals surface area (Å²) in [6, 6.07) is 4.70. The smallest absolute Gasteiger partial charge is 0.298 e. The first-order valence-corrected chi connectivity index (χ1v) is 14.3. The van der Waals surface area contributed by atoms with Crippen molar-refractivity contribution in [1.29, 1.82) is 0 Å². The van der Waals surface area contributed by atoms with Crippen molar-refractivity contribution in [3.63, 3.8) is 0 Å². The molecule has 2 aromatic heterocycles. The summed E-state index contributed by atoms with van der Waals surface area (Å²) in [4.78, 5) is 28.9. The van der Waals surface area contributed by atoms with Crippen LogP contribution in [0.3, 0.4) is 0 Å². The Hall–Kier alpha value is -3.35. The molecule has 4 aliphatic heterocycles. The van der Waals surface area contributed by atoms with Crippen molar-refractivity contribution in [3.8, 4) is 17.6 Å². The van der Waals surface area contributed by atoms with Crippen molar-refractivity contribution < 1.29 is 14.3 Å². The number of rotatable bonds is 4. The average molecular weight is 529 g/mol. The fraction of sp³-hybridized carbons (Fsp3) is 0.567. The van der Waals surface area contributed by atoms with E-state index in [0.29, 0.717) is 17.9 Å². The maximum absolute atomic E-state index is 12.2. The van der Waals surface area contributed by atoms with Gasteiger partial charge in [0, 0.05) is 74.7 Å². The van der Waals surface area contributed by atoms with Gasteiger partial charge in [0.05, 0.1) is 30.2 Å². The number of anilines is 3. The van der Waals surface area contributed by atoms with E-state index in [-0.39, 0.29) is 12.0 Å². The molecular weight excluding hydrogens is 492 g/mol. The first kappa shape index (κ1) is 24.7. The molecule has 1 amide bonds. The van der Waals surface area contributed by atoms with Crippen LogP contribution in [0.2, 0.25) is 0 Å². The molecule has 0 aromatic carbocycles. The van der Waals surface area contributed by atoms with Crippen LogP contribution < -0.4 is 15.0 Å². The average Bonchev–Trinajstić information content (AvgIpc) is 3.68. The summed E-state index contributed by atoms with van der Waals surface area (Å²) in [5.74, 6) is 7.96. The number of carbonyl (C=O) groups excluding carboxylic acids is 1. The lowest BCUT2D eigenvalue weighted by atomic mass is 9.92. The second-order valence-electron chi connectivity index (χ2n) is 11.4. The van der Waals surface area contributed by atoms with E-state index < -0.39 is 0 Å². The van der Waals surface area contributed by atoms with E-state index in [2.05, 4.69) is 46.0 Å². The van der Waals surface area contributed by atoms with Gasteiger partial charge in [-0.15, -0.1) is 0 Å². The number of likely N-dealkylation sites (tertiary alicyclic amines) is 2. The Morgan fingerprint density at radius 3 is 2.69 bits per heavy atom. The Morgan fingerprint density at radius 1 is 1.10 bits per heavy atom. The van der Waals surface area contributed by atoms with Gasteiger partial charge in [0.2, 0.25) is 0 Å². The molecule has 204 valence electrons. The van der Waals surface area contributed by atoms with E-state index in [1.54, 1.807) is 6.92 Å². The van der Waals surface area contributed by atoms with E-state index >= 15 is 0 Å². The normalized spacial score (nSPS) is 24.9. The first-order valence-electron chi connectivity index (χ1n) is 14.3. The van der Waals surface area contributed by atoms with Gasteiger partial charge in [-0.3, -0.25) is 14.7 Å². The van der Waals surface area contributed by atoms with Crippen LogP contribution in [0, 0.1) is 11.8 Å². The van der Waals surface area contributed by atoms with Crippen LogP contribution in [-0.4, -0.2) is 84.2 Å². The molecule has 9 heteroatoms. The van der Waals surface area contributed by atoms with Crippen LogP contribution in [0.5, 0.6) is 5.75 Å². The third-order valence-electron chi connectivity index (χ3n) is 8.78. The molecule has 2 atom stereocenters. The van der Waals surface area contributed by atoms with Gasteiger partial charge in [0.15, 0.2) is 5.75 Å². The lowest BCUT2D eigenvalue weighted by Gasteiger charge is -2.43. The van der Waals surface area contributed by atoms with Gasteiger partial charge in [0.25, 0.3) is 5.91 Å². The van der Waals surface area contributed by atoms with E-state index in [9.17, 15) is 4.79 Å². The van der Waals surface area contributed by atoms with Gasteiger partial charge >= 0.3 is 0 Å². The molecule has 7 rings (SSSR count).